The lowest BCUT2D eigenvalue weighted by Crippen LogP contribution is -2.29. The predicted molar refractivity (Wildman–Crippen MR) is 82.9 cm³/mol. The Morgan fingerprint density at radius 1 is 1.35 bits per heavy atom. The fraction of sp³-hybridized carbons (Fsp3) is 0.438. The Morgan fingerprint density at radius 3 is 2.96 bits per heavy atom. The molecule has 2 aromatic rings. The number of aromatic nitrogens is 2. The third-order valence-electron chi connectivity index (χ3n) is 3.18. The Labute approximate surface area is 134 Å². The second-order valence-electron chi connectivity index (χ2n) is 5.10. The molecule has 7 heteroatoms. The summed E-state index contributed by atoms with van der Waals surface area (Å²) in [6, 6.07) is 5.01. The number of unbranched alkanes of at least 4 members (excludes halogenated alkanes) is 2. The van der Waals surface area contributed by atoms with Crippen LogP contribution in [-0.2, 0) is 16.1 Å². The van der Waals surface area contributed by atoms with Crippen LogP contribution in [0.25, 0.3) is 0 Å². The molecule has 1 N–H and O–H groups in total. The highest BCUT2D eigenvalue weighted by molar-refractivity contribution is 5.88. The first-order chi connectivity index (χ1) is 11.2. The maximum Gasteiger partial charge on any atom is 0.374 e. The van der Waals surface area contributed by atoms with E-state index in [4.69, 9.17) is 9.15 Å². The lowest BCUT2D eigenvalue weighted by Gasteiger charge is -2.05. The van der Waals surface area contributed by atoms with Gasteiger partial charge in [-0.3, -0.25) is 9.48 Å². The Morgan fingerprint density at radius 2 is 2.22 bits per heavy atom. The molecule has 0 unspecified atom stereocenters. The largest absolute Gasteiger partial charge is 0.452 e. The molecule has 1 amide bonds. The molecular weight excluding hydrogens is 298 g/mol. The molecular formula is C16H21N3O4. The molecule has 0 aromatic carbocycles. The Balaban J connectivity index is 1.73. The topological polar surface area (TPSA) is 86.4 Å². The Kier molecular flexibility index (Phi) is 6.40. The third kappa shape index (κ3) is 5.61. The van der Waals surface area contributed by atoms with E-state index in [0.29, 0.717) is 18.8 Å². The number of nitrogens with one attached hydrogen (secondary N) is 1. The minimum atomic E-state index is -0.652. The van der Waals surface area contributed by atoms with Gasteiger partial charge >= 0.3 is 5.97 Å². The van der Waals surface area contributed by atoms with Crippen LogP contribution in [0.15, 0.2) is 35.0 Å². The van der Waals surface area contributed by atoms with E-state index in [2.05, 4.69) is 17.3 Å². The molecule has 0 atom stereocenters. The van der Waals surface area contributed by atoms with Crippen LogP contribution in [0.3, 0.4) is 0 Å². The number of hydrogen-bond donors (Lipinski definition) is 1. The van der Waals surface area contributed by atoms with Gasteiger partial charge in [0, 0.05) is 18.9 Å². The summed E-state index contributed by atoms with van der Waals surface area (Å²) in [6.45, 7) is 2.81. The van der Waals surface area contributed by atoms with Gasteiger partial charge in [0.1, 0.15) is 5.76 Å². The minimum Gasteiger partial charge on any atom is -0.452 e. The van der Waals surface area contributed by atoms with Crippen LogP contribution in [-0.4, -0.2) is 34.8 Å². The Hall–Kier alpha value is -2.57. The number of ether oxygens (including phenoxy) is 1. The Bertz CT molecular complexity index is 619. The second kappa shape index (κ2) is 8.77. The first-order valence-electron chi connectivity index (χ1n) is 7.69. The number of nitrogens with zero attached hydrogens (tertiary/aromatic N) is 2. The smallest absolute Gasteiger partial charge is 0.374 e. The van der Waals surface area contributed by atoms with Crippen molar-refractivity contribution in [3.05, 3.63) is 42.1 Å². The summed E-state index contributed by atoms with van der Waals surface area (Å²) in [5.74, 6) is -0.297. The fourth-order valence-electron chi connectivity index (χ4n) is 1.98. The number of carbonyl (C=O) groups excluding carboxylic acids is 2. The molecule has 0 radical (unpaired) electrons. The van der Waals surface area contributed by atoms with E-state index in [9.17, 15) is 9.59 Å². The van der Waals surface area contributed by atoms with Crippen LogP contribution in [0.4, 0.5) is 0 Å². The molecule has 0 spiro atoms. The van der Waals surface area contributed by atoms with Gasteiger partial charge in [0.25, 0.3) is 5.91 Å². The average molecular weight is 319 g/mol. The van der Waals surface area contributed by atoms with Gasteiger partial charge in [-0.1, -0.05) is 19.8 Å². The fourth-order valence-corrected chi connectivity index (χ4v) is 1.98. The van der Waals surface area contributed by atoms with Crippen molar-refractivity contribution in [2.24, 2.45) is 0 Å². The number of furan rings is 1. The van der Waals surface area contributed by atoms with Crippen molar-refractivity contribution >= 4 is 11.9 Å². The molecule has 0 bridgehead atoms. The first-order valence-corrected chi connectivity index (χ1v) is 7.69. The van der Waals surface area contributed by atoms with Gasteiger partial charge in [-0.25, -0.2) is 4.79 Å². The van der Waals surface area contributed by atoms with E-state index < -0.39 is 5.97 Å². The number of esters is 1. The van der Waals surface area contributed by atoms with E-state index in [1.165, 1.54) is 6.07 Å². The molecule has 124 valence electrons. The molecule has 7 nitrogen and oxygen atoms in total. The van der Waals surface area contributed by atoms with Crippen LogP contribution >= 0.6 is 0 Å². The van der Waals surface area contributed by atoms with Gasteiger partial charge in [-0.05, 0) is 24.6 Å². The summed E-state index contributed by atoms with van der Waals surface area (Å²) in [4.78, 5) is 23.4. The van der Waals surface area contributed by atoms with Crippen molar-refractivity contribution in [2.75, 3.05) is 13.2 Å². The van der Waals surface area contributed by atoms with Crippen molar-refractivity contribution < 1.29 is 18.7 Å². The molecule has 0 aliphatic rings. The molecule has 0 aliphatic carbocycles. The van der Waals surface area contributed by atoms with Crippen molar-refractivity contribution in [1.29, 1.82) is 0 Å². The SMILES string of the molecule is CCCCCNC(=O)COC(=O)c1ccc(Cn2cccn2)o1. The van der Waals surface area contributed by atoms with E-state index in [0.717, 1.165) is 19.3 Å². The summed E-state index contributed by atoms with van der Waals surface area (Å²) < 4.78 is 12.0. The van der Waals surface area contributed by atoms with Crippen LogP contribution < -0.4 is 5.32 Å². The highest BCUT2D eigenvalue weighted by atomic mass is 16.5. The van der Waals surface area contributed by atoms with Crippen LogP contribution in [0.2, 0.25) is 0 Å². The molecule has 2 aromatic heterocycles. The van der Waals surface area contributed by atoms with Gasteiger partial charge < -0.3 is 14.5 Å². The van der Waals surface area contributed by atoms with Crippen molar-refractivity contribution in [1.82, 2.24) is 15.1 Å². The average Bonchev–Trinajstić information content (AvgIpc) is 3.21. The molecule has 0 saturated heterocycles. The van der Waals surface area contributed by atoms with E-state index >= 15 is 0 Å². The van der Waals surface area contributed by atoms with Gasteiger partial charge in [0.05, 0.1) is 6.54 Å². The monoisotopic (exact) mass is 319 g/mol. The molecule has 23 heavy (non-hydrogen) atoms. The standard InChI is InChI=1S/C16H21N3O4/c1-2-3-4-8-17-15(20)12-22-16(21)14-7-6-13(23-14)11-19-10-5-9-18-19/h5-7,9-10H,2-4,8,11-12H2,1H3,(H,17,20). The summed E-state index contributed by atoms with van der Waals surface area (Å²) in [7, 11) is 0. The number of carbonyl (C=O) groups is 2. The lowest BCUT2D eigenvalue weighted by atomic mass is 10.2. The molecule has 0 aliphatic heterocycles. The number of hydrogen-bond acceptors (Lipinski definition) is 5. The van der Waals surface area contributed by atoms with E-state index in [1.807, 2.05) is 0 Å². The summed E-state index contributed by atoms with van der Waals surface area (Å²) in [6.07, 6.45) is 6.53. The van der Waals surface area contributed by atoms with Crippen LogP contribution in [0, 0.1) is 0 Å². The molecule has 2 heterocycles. The van der Waals surface area contributed by atoms with Crippen molar-refractivity contribution in [3.63, 3.8) is 0 Å². The minimum absolute atomic E-state index is 0.0749. The van der Waals surface area contributed by atoms with E-state index in [1.54, 1.807) is 29.2 Å². The molecule has 0 saturated carbocycles. The second-order valence-corrected chi connectivity index (χ2v) is 5.10. The normalized spacial score (nSPS) is 10.5. The molecule has 0 fully saturated rings. The zero-order valence-electron chi connectivity index (χ0n) is 13.2. The third-order valence-corrected chi connectivity index (χ3v) is 3.18. The van der Waals surface area contributed by atoms with Gasteiger partial charge in [0.2, 0.25) is 5.76 Å². The van der Waals surface area contributed by atoms with Crippen molar-refractivity contribution in [2.45, 2.75) is 32.7 Å². The van der Waals surface area contributed by atoms with Crippen LogP contribution in [0.1, 0.15) is 42.5 Å². The lowest BCUT2D eigenvalue weighted by molar-refractivity contribution is -0.124. The number of rotatable bonds is 9. The van der Waals surface area contributed by atoms with Gasteiger partial charge in [-0.15, -0.1) is 0 Å². The van der Waals surface area contributed by atoms with E-state index in [-0.39, 0.29) is 18.3 Å². The van der Waals surface area contributed by atoms with Crippen molar-refractivity contribution in [3.8, 4) is 0 Å². The number of amides is 1. The first kappa shape index (κ1) is 16.8. The van der Waals surface area contributed by atoms with Gasteiger partial charge in [0.15, 0.2) is 6.61 Å². The van der Waals surface area contributed by atoms with Crippen LogP contribution in [0.5, 0.6) is 0 Å². The quantitative estimate of drug-likeness (QED) is 0.564. The highest BCUT2D eigenvalue weighted by Crippen LogP contribution is 2.10. The summed E-state index contributed by atoms with van der Waals surface area (Å²) >= 11 is 0. The maximum atomic E-state index is 11.8. The maximum absolute atomic E-state index is 11.8. The van der Waals surface area contributed by atoms with Gasteiger partial charge in [-0.2, -0.15) is 5.10 Å². The zero-order valence-corrected chi connectivity index (χ0v) is 13.2. The molecule has 2 rings (SSSR count). The zero-order chi connectivity index (χ0) is 16.5. The summed E-state index contributed by atoms with van der Waals surface area (Å²) in [5.41, 5.74) is 0. The highest BCUT2D eigenvalue weighted by Gasteiger charge is 2.14. The predicted octanol–water partition coefficient (Wildman–Crippen LogP) is 1.99. The summed E-state index contributed by atoms with van der Waals surface area (Å²) in [5, 5.41) is 6.76.